The molecule has 0 bridgehead atoms. The van der Waals surface area contributed by atoms with Gasteiger partial charge in [-0.05, 0) is 24.6 Å². The lowest BCUT2D eigenvalue weighted by atomic mass is 10.1. The van der Waals surface area contributed by atoms with Crippen LogP contribution in [0.5, 0.6) is 0 Å². The molecule has 1 atom stereocenters. The fraction of sp³-hybridized carbons (Fsp3) is 0.611. The summed E-state index contributed by atoms with van der Waals surface area (Å²) >= 11 is 0. The van der Waals surface area contributed by atoms with E-state index in [-0.39, 0.29) is 36.8 Å². The summed E-state index contributed by atoms with van der Waals surface area (Å²) < 4.78 is 5.33. The molecule has 2 heterocycles. The van der Waals surface area contributed by atoms with Crippen LogP contribution in [0, 0.1) is 0 Å². The van der Waals surface area contributed by atoms with Gasteiger partial charge in [0.05, 0.1) is 19.3 Å². The maximum absolute atomic E-state index is 12.6. The predicted octanol–water partition coefficient (Wildman–Crippen LogP) is 1.48. The molecule has 1 amide bonds. The molecule has 6 nitrogen and oxygen atoms in total. The number of piperazine rings is 1. The van der Waals surface area contributed by atoms with E-state index in [0.29, 0.717) is 13.2 Å². The number of amides is 1. The van der Waals surface area contributed by atoms with Crippen LogP contribution in [-0.2, 0) is 16.1 Å². The third kappa shape index (κ3) is 5.99. The first-order valence-corrected chi connectivity index (χ1v) is 8.81. The third-order valence-corrected chi connectivity index (χ3v) is 4.99. The lowest BCUT2D eigenvalue weighted by molar-refractivity contribution is -0.141. The van der Waals surface area contributed by atoms with Gasteiger partial charge in [-0.15, -0.1) is 24.8 Å². The van der Waals surface area contributed by atoms with E-state index in [0.717, 1.165) is 51.5 Å². The number of nitrogens with zero attached hydrogens (tertiary/aromatic N) is 3. The van der Waals surface area contributed by atoms with E-state index in [2.05, 4.69) is 15.9 Å². The minimum atomic E-state index is -0.0439. The second-order valence-electron chi connectivity index (χ2n) is 6.67. The molecule has 1 aromatic rings. The van der Waals surface area contributed by atoms with Crippen LogP contribution in [0.15, 0.2) is 24.3 Å². The molecular formula is C18H30Cl2N4O2. The maximum atomic E-state index is 12.6. The van der Waals surface area contributed by atoms with Gasteiger partial charge in [0.15, 0.2) is 0 Å². The minimum Gasteiger partial charge on any atom is -0.399 e. The lowest BCUT2D eigenvalue weighted by Crippen LogP contribution is -2.55. The molecule has 3 rings (SSSR count). The fourth-order valence-electron chi connectivity index (χ4n) is 3.46. The number of hydrogen-bond acceptors (Lipinski definition) is 5. The lowest BCUT2D eigenvalue weighted by Gasteiger charge is -2.39. The first-order valence-electron chi connectivity index (χ1n) is 8.81. The molecule has 1 aromatic carbocycles. The Labute approximate surface area is 168 Å². The standard InChI is InChI=1S/C18H28N4O2.2ClH/c1-15(18(23)22-9-11-24-12-10-22)21-7-5-20(6-8-21)14-16-3-2-4-17(19)13-16;;/h2-4,13,15H,5-12,14,19H2,1H3;2*1H. The number of benzene rings is 1. The van der Waals surface area contributed by atoms with E-state index in [9.17, 15) is 4.79 Å². The van der Waals surface area contributed by atoms with Gasteiger partial charge in [-0.1, -0.05) is 12.1 Å². The van der Waals surface area contributed by atoms with Crippen LogP contribution < -0.4 is 5.73 Å². The third-order valence-electron chi connectivity index (χ3n) is 4.99. The first-order chi connectivity index (χ1) is 11.6. The van der Waals surface area contributed by atoms with Crippen molar-refractivity contribution in [2.45, 2.75) is 19.5 Å². The Morgan fingerprint density at radius 2 is 1.77 bits per heavy atom. The van der Waals surface area contributed by atoms with Gasteiger partial charge in [0.2, 0.25) is 5.91 Å². The van der Waals surface area contributed by atoms with E-state index in [1.165, 1.54) is 5.56 Å². The molecule has 0 saturated carbocycles. The molecule has 1 unspecified atom stereocenters. The van der Waals surface area contributed by atoms with Gasteiger partial charge >= 0.3 is 0 Å². The van der Waals surface area contributed by atoms with Crippen molar-refractivity contribution in [1.82, 2.24) is 14.7 Å². The molecule has 8 heteroatoms. The van der Waals surface area contributed by atoms with E-state index in [1.807, 2.05) is 30.0 Å². The van der Waals surface area contributed by atoms with Crippen molar-refractivity contribution in [3.05, 3.63) is 29.8 Å². The van der Waals surface area contributed by atoms with Gasteiger partial charge in [0, 0.05) is 51.5 Å². The van der Waals surface area contributed by atoms with Crippen LogP contribution in [-0.4, -0.2) is 79.1 Å². The summed E-state index contributed by atoms with van der Waals surface area (Å²) in [6.45, 7) is 9.54. The normalized spacial score (nSPS) is 20.0. The number of halogens is 2. The van der Waals surface area contributed by atoms with Gasteiger partial charge < -0.3 is 15.4 Å². The van der Waals surface area contributed by atoms with Crippen LogP contribution in [0.2, 0.25) is 0 Å². The summed E-state index contributed by atoms with van der Waals surface area (Å²) in [5.74, 6) is 0.239. The molecule has 0 radical (unpaired) electrons. The zero-order valence-corrected chi connectivity index (χ0v) is 16.9. The number of nitrogens with two attached hydrogens (primary N) is 1. The van der Waals surface area contributed by atoms with E-state index in [1.54, 1.807) is 0 Å². The Bertz CT molecular complexity index is 562. The van der Waals surface area contributed by atoms with Crippen molar-refractivity contribution < 1.29 is 9.53 Å². The average Bonchev–Trinajstić information content (AvgIpc) is 2.62. The molecule has 2 aliphatic rings. The zero-order chi connectivity index (χ0) is 16.9. The highest BCUT2D eigenvalue weighted by atomic mass is 35.5. The van der Waals surface area contributed by atoms with Gasteiger partial charge in [0.25, 0.3) is 0 Å². The predicted molar refractivity (Wildman–Crippen MR) is 109 cm³/mol. The van der Waals surface area contributed by atoms with Crippen molar-refractivity contribution in [1.29, 1.82) is 0 Å². The maximum Gasteiger partial charge on any atom is 0.239 e. The Balaban J connectivity index is 0.00000169. The quantitative estimate of drug-likeness (QED) is 0.769. The number of morpholine rings is 1. The van der Waals surface area contributed by atoms with Crippen molar-refractivity contribution in [3.63, 3.8) is 0 Å². The number of anilines is 1. The molecule has 2 N–H and O–H groups in total. The van der Waals surface area contributed by atoms with Crippen molar-refractivity contribution >= 4 is 36.4 Å². The van der Waals surface area contributed by atoms with Gasteiger partial charge in [-0.2, -0.15) is 0 Å². The number of carbonyl (C=O) groups is 1. The number of ether oxygens (including phenoxy) is 1. The van der Waals surface area contributed by atoms with E-state index >= 15 is 0 Å². The van der Waals surface area contributed by atoms with Crippen LogP contribution in [0.3, 0.4) is 0 Å². The van der Waals surface area contributed by atoms with Gasteiger partial charge in [0.1, 0.15) is 0 Å². The van der Waals surface area contributed by atoms with Crippen LogP contribution in [0.25, 0.3) is 0 Å². The van der Waals surface area contributed by atoms with Crippen LogP contribution in [0.4, 0.5) is 5.69 Å². The fourth-order valence-corrected chi connectivity index (χ4v) is 3.46. The highest BCUT2D eigenvalue weighted by molar-refractivity contribution is 5.85. The van der Waals surface area contributed by atoms with E-state index < -0.39 is 0 Å². The van der Waals surface area contributed by atoms with Crippen molar-refractivity contribution in [2.24, 2.45) is 0 Å². The molecule has 2 fully saturated rings. The smallest absolute Gasteiger partial charge is 0.239 e. The average molecular weight is 405 g/mol. The summed E-state index contributed by atoms with van der Waals surface area (Å²) in [4.78, 5) is 19.3. The first kappa shape index (κ1) is 23.0. The largest absolute Gasteiger partial charge is 0.399 e. The summed E-state index contributed by atoms with van der Waals surface area (Å²) in [7, 11) is 0. The highest BCUT2D eigenvalue weighted by Crippen LogP contribution is 2.14. The minimum absolute atomic E-state index is 0. The van der Waals surface area contributed by atoms with Crippen LogP contribution in [0.1, 0.15) is 12.5 Å². The molecule has 0 aliphatic carbocycles. The zero-order valence-electron chi connectivity index (χ0n) is 15.3. The SMILES string of the molecule is CC(C(=O)N1CCOCC1)N1CCN(Cc2cccc(N)c2)CC1.Cl.Cl. The molecule has 148 valence electrons. The number of carbonyl (C=O) groups excluding carboxylic acids is 1. The molecule has 26 heavy (non-hydrogen) atoms. The second-order valence-corrected chi connectivity index (χ2v) is 6.67. The van der Waals surface area contributed by atoms with Crippen molar-refractivity contribution in [3.8, 4) is 0 Å². The second kappa shape index (κ2) is 10.9. The monoisotopic (exact) mass is 404 g/mol. The Morgan fingerprint density at radius 3 is 2.38 bits per heavy atom. The summed E-state index contributed by atoms with van der Waals surface area (Å²) in [5.41, 5.74) is 7.92. The summed E-state index contributed by atoms with van der Waals surface area (Å²) in [6.07, 6.45) is 0. The Hall–Kier alpha value is -1.05. The van der Waals surface area contributed by atoms with Crippen LogP contribution >= 0.6 is 24.8 Å². The molecule has 2 aliphatic heterocycles. The summed E-state index contributed by atoms with van der Waals surface area (Å²) in [6, 6.07) is 8.03. The number of hydrogen-bond donors (Lipinski definition) is 1. The highest BCUT2D eigenvalue weighted by Gasteiger charge is 2.29. The summed E-state index contributed by atoms with van der Waals surface area (Å²) in [5, 5.41) is 0. The van der Waals surface area contributed by atoms with Crippen molar-refractivity contribution in [2.75, 3.05) is 58.2 Å². The Morgan fingerprint density at radius 1 is 1.12 bits per heavy atom. The molecule has 2 saturated heterocycles. The Kier molecular flexibility index (Phi) is 9.68. The van der Waals surface area contributed by atoms with Gasteiger partial charge in [-0.25, -0.2) is 0 Å². The molecular weight excluding hydrogens is 375 g/mol. The topological polar surface area (TPSA) is 62.0 Å². The van der Waals surface area contributed by atoms with Gasteiger partial charge in [-0.3, -0.25) is 14.6 Å². The number of rotatable bonds is 4. The van der Waals surface area contributed by atoms with E-state index in [4.69, 9.17) is 10.5 Å². The molecule has 0 aromatic heterocycles. The number of nitrogen functional groups attached to an aromatic ring is 1. The molecule has 0 spiro atoms.